The van der Waals surface area contributed by atoms with Crippen LogP contribution in [0.25, 0.3) is 0 Å². The number of benzene rings is 1. The maximum Gasteiger partial charge on any atom is 0.0717 e. The van der Waals surface area contributed by atoms with E-state index in [0.29, 0.717) is 0 Å². The fourth-order valence-corrected chi connectivity index (χ4v) is 1.38. The summed E-state index contributed by atoms with van der Waals surface area (Å²) in [5, 5.41) is 0.852. The van der Waals surface area contributed by atoms with Crippen LogP contribution < -0.4 is 0 Å². The minimum absolute atomic E-state index is 0.0595. The first-order chi connectivity index (χ1) is 7.05. The number of halogens is 2. The lowest BCUT2D eigenvalue weighted by Gasteiger charge is -2.14. The number of hydrogen-bond donors (Lipinski definition) is 0. The third-order valence-electron chi connectivity index (χ3n) is 2.11. The van der Waals surface area contributed by atoms with E-state index in [1.807, 2.05) is 24.4 Å². The van der Waals surface area contributed by atoms with Crippen LogP contribution in [0.15, 0.2) is 35.3 Å². The van der Waals surface area contributed by atoms with E-state index in [9.17, 15) is 0 Å². The second-order valence-corrected chi connectivity index (χ2v) is 6.15. The van der Waals surface area contributed by atoms with Gasteiger partial charge in [0.15, 0.2) is 0 Å². The Morgan fingerprint density at radius 2 is 2.00 bits per heavy atom. The summed E-state index contributed by atoms with van der Waals surface area (Å²) in [6, 6.07) is 10.5. The lowest BCUT2D eigenvalue weighted by Crippen LogP contribution is -2.19. The Hall–Kier alpha value is -0.150. The highest BCUT2D eigenvalue weighted by Crippen LogP contribution is 2.21. The molecular weight excluding hydrogens is 318 g/mol. The SMILES string of the molecule is C[C@H](N=CC(C)(Br)CBr)c1ccccc1. The zero-order valence-electron chi connectivity index (χ0n) is 8.95. The Morgan fingerprint density at radius 1 is 1.40 bits per heavy atom. The molecule has 0 aliphatic heterocycles. The van der Waals surface area contributed by atoms with Crippen molar-refractivity contribution in [1.29, 1.82) is 0 Å². The number of nitrogens with zero attached hydrogens (tertiary/aromatic N) is 1. The summed E-state index contributed by atoms with van der Waals surface area (Å²) >= 11 is 7.02. The molecule has 0 aliphatic carbocycles. The molecule has 15 heavy (non-hydrogen) atoms. The fourth-order valence-electron chi connectivity index (χ4n) is 1.12. The van der Waals surface area contributed by atoms with Crippen LogP contribution in [-0.2, 0) is 0 Å². The lowest BCUT2D eigenvalue weighted by atomic mass is 10.1. The van der Waals surface area contributed by atoms with E-state index in [1.165, 1.54) is 5.56 Å². The lowest BCUT2D eigenvalue weighted by molar-refractivity contribution is 0.813. The molecule has 0 heterocycles. The minimum atomic E-state index is -0.0595. The topological polar surface area (TPSA) is 12.4 Å². The van der Waals surface area contributed by atoms with Gasteiger partial charge in [0.25, 0.3) is 0 Å². The average molecular weight is 333 g/mol. The molecular formula is C12H15Br2N. The number of hydrogen-bond acceptors (Lipinski definition) is 1. The average Bonchev–Trinajstić information content (AvgIpc) is 2.27. The Morgan fingerprint density at radius 3 is 2.53 bits per heavy atom. The molecule has 2 atom stereocenters. The molecule has 0 fully saturated rings. The van der Waals surface area contributed by atoms with Crippen molar-refractivity contribution in [3.8, 4) is 0 Å². The zero-order chi connectivity index (χ0) is 11.3. The third-order valence-corrected chi connectivity index (χ3v) is 4.51. The van der Waals surface area contributed by atoms with Gasteiger partial charge in [-0.05, 0) is 19.4 Å². The molecule has 0 radical (unpaired) electrons. The summed E-state index contributed by atoms with van der Waals surface area (Å²) in [5.41, 5.74) is 1.24. The molecule has 0 saturated carbocycles. The highest BCUT2D eigenvalue weighted by atomic mass is 79.9. The molecule has 0 aliphatic rings. The fraction of sp³-hybridized carbons (Fsp3) is 0.417. The van der Waals surface area contributed by atoms with Crippen LogP contribution in [-0.4, -0.2) is 15.9 Å². The van der Waals surface area contributed by atoms with E-state index in [0.717, 1.165) is 5.33 Å². The van der Waals surface area contributed by atoms with E-state index in [1.54, 1.807) is 0 Å². The molecule has 1 unspecified atom stereocenters. The summed E-state index contributed by atoms with van der Waals surface area (Å²) in [4.78, 5) is 4.54. The van der Waals surface area contributed by atoms with Gasteiger partial charge in [-0.2, -0.15) is 0 Å². The summed E-state index contributed by atoms with van der Waals surface area (Å²) in [5.74, 6) is 0. The molecule has 1 nitrogen and oxygen atoms in total. The first kappa shape index (κ1) is 12.9. The predicted octanol–water partition coefficient (Wildman–Crippen LogP) is 4.37. The van der Waals surface area contributed by atoms with Crippen LogP contribution in [0.3, 0.4) is 0 Å². The van der Waals surface area contributed by atoms with Gasteiger partial charge < -0.3 is 0 Å². The maximum atomic E-state index is 4.54. The van der Waals surface area contributed by atoms with E-state index in [2.05, 4.69) is 62.8 Å². The van der Waals surface area contributed by atoms with Gasteiger partial charge in [-0.1, -0.05) is 62.2 Å². The molecule has 1 aromatic carbocycles. The number of rotatable bonds is 4. The van der Waals surface area contributed by atoms with Crippen LogP contribution >= 0.6 is 31.9 Å². The van der Waals surface area contributed by atoms with Crippen LogP contribution in [0.1, 0.15) is 25.5 Å². The molecule has 1 aromatic rings. The van der Waals surface area contributed by atoms with Crippen LogP contribution in [0, 0.1) is 0 Å². The molecule has 0 amide bonds. The molecule has 0 N–H and O–H groups in total. The van der Waals surface area contributed by atoms with Gasteiger partial charge in [0, 0.05) is 11.5 Å². The van der Waals surface area contributed by atoms with Gasteiger partial charge in [-0.15, -0.1) is 0 Å². The molecule has 0 bridgehead atoms. The van der Waals surface area contributed by atoms with Crippen molar-refractivity contribution in [2.24, 2.45) is 4.99 Å². The van der Waals surface area contributed by atoms with Gasteiger partial charge in [0.05, 0.1) is 10.4 Å². The molecule has 0 aromatic heterocycles. The largest absolute Gasteiger partial charge is 0.288 e. The van der Waals surface area contributed by atoms with Gasteiger partial charge in [0.2, 0.25) is 0 Å². The summed E-state index contributed by atoms with van der Waals surface area (Å²) in [6.07, 6.45) is 1.96. The van der Waals surface area contributed by atoms with Crippen LogP contribution in [0.2, 0.25) is 0 Å². The second kappa shape index (κ2) is 5.80. The summed E-state index contributed by atoms with van der Waals surface area (Å²) in [6.45, 7) is 4.19. The Kier molecular flexibility index (Phi) is 5.00. The summed E-state index contributed by atoms with van der Waals surface area (Å²) in [7, 11) is 0. The van der Waals surface area contributed by atoms with Crippen molar-refractivity contribution < 1.29 is 0 Å². The minimum Gasteiger partial charge on any atom is -0.288 e. The molecule has 0 spiro atoms. The molecule has 0 saturated heterocycles. The highest BCUT2D eigenvalue weighted by molar-refractivity contribution is 9.12. The van der Waals surface area contributed by atoms with Crippen molar-refractivity contribution in [2.75, 3.05) is 5.33 Å². The highest BCUT2D eigenvalue weighted by Gasteiger charge is 2.15. The van der Waals surface area contributed by atoms with E-state index in [-0.39, 0.29) is 10.4 Å². The van der Waals surface area contributed by atoms with Crippen molar-refractivity contribution in [3.63, 3.8) is 0 Å². The second-order valence-electron chi connectivity index (χ2n) is 3.78. The third kappa shape index (κ3) is 4.47. The number of aliphatic imine (C=N–C) groups is 1. The van der Waals surface area contributed by atoms with Gasteiger partial charge >= 0.3 is 0 Å². The van der Waals surface area contributed by atoms with E-state index < -0.39 is 0 Å². The van der Waals surface area contributed by atoms with Crippen molar-refractivity contribution in [2.45, 2.75) is 24.2 Å². The first-order valence-electron chi connectivity index (χ1n) is 4.89. The van der Waals surface area contributed by atoms with Gasteiger partial charge in [0.1, 0.15) is 0 Å². The number of alkyl halides is 2. The molecule has 3 heteroatoms. The smallest absolute Gasteiger partial charge is 0.0717 e. The molecule has 1 rings (SSSR count). The van der Waals surface area contributed by atoms with Crippen LogP contribution in [0.4, 0.5) is 0 Å². The summed E-state index contributed by atoms with van der Waals surface area (Å²) < 4.78 is -0.0595. The predicted molar refractivity (Wildman–Crippen MR) is 74.5 cm³/mol. The van der Waals surface area contributed by atoms with E-state index >= 15 is 0 Å². The Bertz CT molecular complexity index is 320. The maximum absolute atomic E-state index is 4.54. The Balaban J connectivity index is 2.68. The van der Waals surface area contributed by atoms with Crippen molar-refractivity contribution >= 4 is 38.1 Å². The van der Waals surface area contributed by atoms with Crippen LogP contribution in [0.5, 0.6) is 0 Å². The Labute approximate surface area is 108 Å². The molecule has 82 valence electrons. The van der Waals surface area contributed by atoms with Gasteiger partial charge in [-0.25, -0.2) is 0 Å². The first-order valence-corrected chi connectivity index (χ1v) is 6.81. The van der Waals surface area contributed by atoms with E-state index in [4.69, 9.17) is 0 Å². The quantitative estimate of drug-likeness (QED) is 0.573. The van der Waals surface area contributed by atoms with Gasteiger partial charge in [-0.3, -0.25) is 4.99 Å². The normalized spacial score (nSPS) is 17.6. The van der Waals surface area contributed by atoms with Crippen molar-refractivity contribution in [3.05, 3.63) is 35.9 Å². The zero-order valence-corrected chi connectivity index (χ0v) is 12.1. The standard InChI is InChI=1S/C12H15Br2N/c1-10(11-6-4-3-5-7-11)15-9-12(2,14)8-13/h3-7,9-10H,8H2,1-2H3/t10-,12?/m0/s1. The van der Waals surface area contributed by atoms with Crippen molar-refractivity contribution in [1.82, 2.24) is 0 Å². The monoisotopic (exact) mass is 331 g/mol.